The van der Waals surface area contributed by atoms with Crippen LogP contribution in [0.5, 0.6) is 0 Å². The molecule has 0 aliphatic carbocycles. The lowest BCUT2D eigenvalue weighted by molar-refractivity contribution is -0.130. The third-order valence-electron chi connectivity index (χ3n) is 14.6. The molecule has 0 aromatic carbocycles. The standard InChI is InChI=1S/C60H110N14O17/c1-42(75)36-68-49(56(61)83)19-10-13-25-64-54(81)40-90-33-32-89-30-28-66-55(82)41-91-34-31-88-29-27-65-52(79)22-16-21-51(78)63-24-12-9-17-46(58(85)67-26-14-11-20-50(57(62)84)69-37-43(2)76)35-48(77)18-15-23-53(80)72-47(38-70-59(5,6)44(3)73-86)39-71-60(7,8)45(4)74-87/h46-47,49-50,68-71,86-87H,9-41H2,1-8H3,(H2,61,83)(H2,62,84)(H,63,78)(H,64,81)(H,65,79)(H,66,82)(H,67,85)(H,72,80)/b73-44-,74-45-/t46-,49+,50+/m1/s1. The third-order valence-corrected chi connectivity index (χ3v) is 14.6. The van der Waals surface area contributed by atoms with E-state index in [0.717, 1.165) is 0 Å². The minimum Gasteiger partial charge on any atom is -0.411 e. The highest BCUT2D eigenvalue weighted by atomic mass is 16.5. The second-order valence-electron chi connectivity index (χ2n) is 23.4. The zero-order chi connectivity index (χ0) is 68.5. The zero-order valence-corrected chi connectivity index (χ0v) is 55.2. The van der Waals surface area contributed by atoms with Crippen LogP contribution >= 0.6 is 0 Å². The summed E-state index contributed by atoms with van der Waals surface area (Å²) in [6.07, 6.45) is 5.23. The van der Waals surface area contributed by atoms with Crippen LogP contribution in [0.4, 0.5) is 0 Å². The number of carbonyl (C=O) groups excluding carboxylic acids is 11. The van der Waals surface area contributed by atoms with Gasteiger partial charge in [-0.15, -0.1) is 0 Å². The zero-order valence-electron chi connectivity index (χ0n) is 55.2. The number of amides is 8. The molecule has 16 N–H and O–H groups in total. The van der Waals surface area contributed by atoms with E-state index in [1.54, 1.807) is 13.8 Å². The van der Waals surface area contributed by atoms with E-state index in [1.165, 1.54) is 13.8 Å². The molecule has 522 valence electrons. The summed E-state index contributed by atoms with van der Waals surface area (Å²) in [6, 6.07) is -1.76. The van der Waals surface area contributed by atoms with Gasteiger partial charge >= 0.3 is 0 Å². The van der Waals surface area contributed by atoms with Crippen LogP contribution in [0.2, 0.25) is 0 Å². The van der Waals surface area contributed by atoms with Gasteiger partial charge < -0.3 is 83.4 Å². The summed E-state index contributed by atoms with van der Waals surface area (Å²) in [5.74, 6) is -4.01. The Morgan fingerprint density at radius 1 is 0.451 bits per heavy atom. The summed E-state index contributed by atoms with van der Waals surface area (Å²) in [4.78, 5) is 135. The van der Waals surface area contributed by atoms with Gasteiger partial charge in [-0.2, -0.15) is 0 Å². The molecular weight excluding hydrogens is 1190 g/mol. The van der Waals surface area contributed by atoms with E-state index in [0.29, 0.717) is 88.7 Å². The Hall–Kier alpha value is -6.61. The first-order valence-electron chi connectivity index (χ1n) is 31.5. The Kier molecular flexibility index (Phi) is 47.3. The van der Waals surface area contributed by atoms with Gasteiger partial charge in [0.2, 0.25) is 47.3 Å². The second-order valence-corrected chi connectivity index (χ2v) is 23.4. The first-order chi connectivity index (χ1) is 43.1. The van der Waals surface area contributed by atoms with Crippen LogP contribution in [-0.4, -0.2) is 227 Å². The highest BCUT2D eigenvalue weighted by molar-refractivity contribution is 5.91. The van der Waals surface area contributed by atoms with Crippen LogP contribution in [0, 0.1) is 5.92 Å². The molecule has 3 atom stereocenters. The van der Waals surface area contributed by atoms with E-state index in [4.69, 9.17) is 30.4 Å². The number of nitrogens with two attached hydrogens (primary N) is 2. The lowest BCUT2D eigenvalue weighted by Gasteiger charge is -2.32. The van der Waals surface area contributed by atoms with Crippen LogP contribution in [0.25, 0.3) is 0 Å². The number of hydrogen-bond acceptors (Lipinski definition) is 23. The molecule has 0 aromatic heterocycles. The second kappa shape index (κ2) is 51.0. The molecule has 0 aliphatic heterocycles. The Morgan fingerprint density at radius 3 is 1.27 bits per heavy atom. The minimum absolute atomic E-state index is 0.00291. The molecule has 0 radical (unpaired) electrons. The molecule has 0 aliphatic rings. The maximum absolute atomic E-state index is 13.5. The van der Waals surface area contributed by atoms with E-state index in [-0.39, 0.29) is 190 Å². The summed E-state index contributed by atoms with van der Waals surface area (Å²) in [5.41, 5.74) is 10.3. The average Bonchev–Trinajstić information content (AvgIpc) is 3.70. The molecular formula is C60H110N14O17. The van der Waals surface area contributed by atoms with Crippen molar-refractivity contribution in [2.45, 2.75) is 187 Å². The van der Waals surface area contributed by atoms with Crippen molar-refractivity contribution in [2.24, 2.45) is 27.7 Å². The van der Waals surface area contributed by atoms with Crippen molar-refractivity contribution in [3.05, 3.63) is 0 Å². The van der Waals surface area contributed by atoms with E-state index in [9.17, 15) is 63.2 Å². The monoisotopic (exact) mass is 1300 g/mol. The lowest BCUT2D eigenvalue weighted by Crippen LogP contribution is -2.57. The van der Waals surface area contributed by atoms with Gasteiger partial charge in [-0.3, -0.25) is 63.4 Å². The van der Waals surface area contributed by atoms with Crippen LogP contribution in [0.3, 0.4) is 0 Å². The Balaban J connectivity index is 4.68. The number of nitrogens with zero attached hydrogens (tertiary/aromatic N) is 2. The molecule has 31 nitrogen and oxygen atoms in total. The van der Waals surface area contributed by atoms with Gasteiger partial charge in [0.05, 0.1) is 93.4 Å². The predicted molar refractivity (Wildman–Crippen MR) is 340 cm³/mol. The molecule has 91 heavy (non-hydrogen) atoms. The predicted octanol–water partition coefficient (Wildman–Crippen LogP) is -0.953. The maximum Gasteiger partial charge on any atom is 0.246 e. The largest absolute Gasteiger partial charge is 0.411 e. The molecule has 0 spiro atoms. The first-order valence-corrected chi connectivity index (χ1v) is 31.5. The summed E-state index contributed by atoms with van der Waals surface area (Å²) in [6.45, 7) is 16.4. The van der Waals surface area contributed by atoms with E-state index in [1.807, 2.05) is 27.7 Å². The van der Waals surface area contributed by atoms with Crippen LogP contribution in [0.15, 0.2) is 10.3 Å². The fourth-order valence-corrected chi connectivity index (χ4v) is 8.37. The fourth-order valence-electron chi connectivity index (χ4n) is 8.37. The molecule has 0 saturated heterocycles. The molecule has 0 rings (SSSR count). The fraction of sp³-hybridized carbons (Fsp3) is 0.783. The van der Waals surface area contributed by atoms with Crippen molar-refractivity contribution >= 4 is 76.0 Å². The van der Waals surface area contributed by atoms with Crippen molar-refractivity contribution < 1.29 is 82.1 Å². The normalized spacial score (nSPS) is 13.0. The number of nitrogens with one attached hydrogen (secondary N) is 10. The summed E-state index contributed by atoms with van der Waals surface area (Å²) in [7, 11) is 0. The van der Waals surface area contributed by atoms with Crippen molar-refractivity contribution in [1.82, 2.24) is 53.2 Å². The number of rotatable bonds is 59. The average molecular weight is 1300 g/mol. The summed E-state index contributed by atoms with van der Waals surface area (Å²) in [5, 5.41) is 54.4. The quantitative estimate of drug-likeness (QED) is 0.0151. The maximum atomic E-state index is 13.5. The third kappa shape index (κ3) is 46.2. The van der Waals surface area contributed by atoms with Gasteiger partial charge in [-0.25, -0.2) is 0 Å². The molecule has 0 saturated carbocycles. The van der Waals surface area contributed by atoms with E-state index in [2.05, 4.69) is 63.5 Å². The van der Waals surface area contributed by atoms with E-state index < -0.39 is 46.9 Å². The highest BCUT2D eigenvalue weighted by Crippen LogP contribution is 2.17. The first kappa shape index (κ1) is 84.4. The molecule has 0 fully saturated rings. The van der Waals surface area contributed by atoms with Crippen molar-refractivity contribution in [3.63, 3.8) is 0 Å². The number of unbranched alkanes of at least 4 members (excludes halogenated alkanes) is 3. The molecule has 0 bridgehead atoms. The lowest BCUT2D eigenvalue weighted by atomic mass is 9.93. The number of ketones is 3. The summed E-state index contributed by atoms with van der Waals surface area (Å²) < 4.78 is 21.5. The van der Waals surface area contributed by atoms with Gasteiger partial charge in [0.1, 0.15) is 30.6 Å². The molecule has 31 heteroatoms. The van der Waals surface area contributed by atoms with Crippen molar-refractivity contribution in [2.75, 3.05) is 112 Å². The Labute approximate surface area is 536 Å². The molecule has 0 heterocycles. The number of primary amides is 2. The molecule has 0 unspecified atom stereocenters. The van der Waals surface area contributed by atoms with Crippen LogP contribution in [0.1, 0.15) is 158 Å². The van der Waals surface area contributed by atoms with Crippen molar-refractivity contribution in [1.29, 1.82) is 0 Å². The smallest absolute Gasteiger partial charge is 0.246 e. The number of ether oxygens (including phenoxy) is 4. The molecule has 8 amide bonds. The van der Waals surface area contributed by atoms with Gasteiger partial charge in [0.25, 0.3) is 0 Å². The van der Waals surface area contributed by atoms with Gasteiger partial charge in [-0.1, -0.05) is 16.7 Å². The highest BCUT2D eigenvalue weighted by Gasteiger charge is 2.28. The molecule has 0 aromatic rings. The van der Waals surface area contributed by atoms with Crippen LogP contribution < -0.4 is 64.6 Å². The Bertz CT molecular complexity index is 2240. The van der Waals surface area contributed by atoms with Gasteiger partial charge in [0.15, 0.2) is 0 Å². The summed E-state index contributed by atoms with van der Waals surface area (Å²) >= 11 is 0. The van der Waals surface area contributed by atoms with Crippen molar-refractivity contribution in [3.8, 4) is 0 Å². The SMILES string of the molecule is CC(=O)CN[C@@H](CCCCNC(=O)COCCOCCNC(=O)COCCOCCNC(=O)CCCC(=O)NCCCC[C@H](CC(=O)CCCC(=O)NC(CNC(C)(C)/C(C)=N\O)CNC(C)(C)/C(C)=N\O)C(=O)NCCCC[C@H](NCC(C)=O)C(N)=O)C(N)=O. The number of carbonyl (C=O) groups is 11. The van der Waals surface area contributed by atoms with Crippen LogP contribution in [-0.2, 0) is 71.7 Å². The number of Topliss-reactive ketones (excluding diaryl/α,β-unsaturated/α-hetero) is 3. The minimum atomic E-state index is -0.701. The number of oxime groups is 2. The van der Waals surface area contributed by atoms with Gasteiger partial charge in [-0.05, 0) is 120 Å². The van der Waals surface area contributed by atoms with E-state index >= 15 is 0 Å². The number of hydrogen-bond donors (Lipinski definition) is 14. The topological polar surface area (TPSA) is 462 Å². The Morgan fingerprint density at radius 2 is 0.835 bits per heavy atom. The van der Waals surface area contributed by atoms with Gasteiger partial charge in [0, 0.05) is 83.8 Å².